The van der Waals surface area contributed by atoms with E-state index < -0.39 is 11.9 Å². The average molecular weight is 439 g/mol. The van der Waals surface area contributed by atoms with Crippen LogP contribution in [-0.4, -0.2) is 52.5 Å². The largest absolute Gasteiger partial charge is 0.478 e. The van der Waals surface area contributed by atoms with Gasteiger partial charge in [-0.05, 0) is 42.9 Å². The highest BCUT2D eigenvalue weighted by Crippen LogP contribution is 2.19. The molecule has 0 atom stereocenters. The van der Waals surface area contributed by atoms with Gasteiger partial charge in [-0.25, -0.2) is 14.6 Å². The number of amidine groups is 1. The van der Waals surface area contributed by atoms with Gasteiger partial charge in [-0.15, -0.1) is 0 Å². The number of anilines is 1. The minimum absolute atomic E-state index is 0.558. The first kappa shape index (κ1) is 24.6. The number of hydrazine groups is 1. The van der Waals surface area contributed by atoms with Gasteiger partial charge in [0.25, 0.3) is 0 Å². The molecule has 1 heterocycles. The normalized spacial score (nSPS) is 14.3. The summed E-state index contributed by atoms with van der Waals surface area (Å²) in [6.07, 6.45) is 2.06. The Hall–Kier alpha value is -3.65. The molecule has 1 saturated heterocycles. The van der Waals surface area contributed by atoms with Gasteiger partial charge in [-0.3, -0.25) is 15.3 Å². The van der Waals surface area contributed by atoms with Crippen LogP contribution in [0.3, 0.4) is 0 Å². The Bertz CT molecular complexity index is 907. The molecule has 2 aromatic rings. The second-order valence-corrected chi connectivity index (χ2v) is 7.05. The first-order chi connectivity index (χ1) is 15.4. The lowest BCUT2D eigenvalue weighted by Gasteiger charge is -2.18. The van der Waals surface area contributed by atoms with Gasteiger partial charge in [0.2, 0.25) is 0 Å². The molecule has 0 radical (unpaired) electrons. The predicted molar refractivity (Wildman–Crippen MR) is 126 cm³/mol. The highest BCUT2D eigenvalue weighted by molar-refractivity contribution is 5.90. The summed E-state index contributed by atoms with van der Waals surface area (Å²) in [5.74, 6) is -1.49. The van der Waals surface area contributed by atoms with Crippen LogP contribution in [0.1, 0.15) is 25.8 Å². The summed E-state index contributed by atoms with van der Waals surface area (Å²) < 4.78 is 0. The first-order valence-corrected chi connectivity index (χ1v) is 10.5. The molecule has 0 aromatic heterocycles. The third kappa shape index (κ3) is 8.61. The number of para-hydroxylation sites is 1. The lowest BCUT2D eigenvalue weighted by Crippen LogP contribution is -2.32. The Kier molecular flexibility index (Phi) is 9.93. The Morgan fingerprint density at radius 1 is 1.00 bits per heavy atom. The molecule has 0 spiro atoms. The molecule has 1 fully saturated rings. The zero-order valence-electron chi connectivity index (χ0n) is 18.4. The molecule has 0 bridgehead atoms. The highest BCUT2D eigenvalue weighted by Gasteiger charge is 2.17. The number of carboxylic acid groups (broad SMARTS) is 2. The monoisotopic (exact) mass is 438 g/mol. The third-order valence-corrected chi connectivity index (χ3v) is 4.77. The van der Waals surface area contributed by atoms with Crippen molar-refractivity contribution >= 4 is 29.1 Å². The van der Waals surface area contributed by atoms with E-state index in [2.05, 4.69) is 77.7 Å². The fraction of sp³-hybridized carbons (Fsp3) is 0.292. The molecule has 0 aliphatic carbocycles. The zero-order valence-corrected chi connectivity index (χ0v) is 18.4. The maximum Gasteiger partial charge on any atom is 0.328 e. The van der Waals surface area contributed by atoms with E-state index >= 15 is 0 Å². The summed E-state index contributed by atoms with van der Waals surface area (Å²) in [6, 6.07) is 19.0. The van der Waals surface area contributed by atoms with Gasteiger partial charge in [-0.1, -0.05) is 44.2 Å². The number of benzene rings is 2. The summed E-state index contributed by atoms with van der Waals surface area (Å²) in [6.45, 7) is 8.52. The molecular formula is C24H30N4O4. The Balaban J connectivity index is 0.000000390. The number of nitrogens with one attached hydrogen (secondary N) is 1. The van der Waals surface area contributed by atoms with E-state index in [1.807, 2.05) is 6.07 Å². The van der Waals surface area contributed by atoms with Gasteiger partial charge < -0.3 is 10.2 Å². The van der Waals surface area contributed by atoms with Gasteiger partial charge in [0.05, 0.1) is 11.4 Å². The van der Waals surface area contributed by atoms with Gasteiger partial charge in [-0.2, -0.15) is 0 Å². The summed E-state index contributed by atoms with van der Waals surface area (Å²) in [5.41, 5.74) is 6.92. The third-order valence-electron chi connectivity index (χ3n) is 4.77. The first-order valence-electron chi connectivity index (χ1n) is 10.5. The van der Waals surface area contributed by atoms with Crippen LogP contribution in [0.4, 0.5) is 11.4 Å². The lowest BCUT2D eigenvalue weighted by molar-refractivity contribution is -0.134. The highest BCUT2D eigenvalue weighted by atomic mass is 16.4. The van der Waals surface area contributed by atoms with Crippen molar-refractivity contribution in [2.75, 3.05) is 24.6 Å². The van der Waals surface area contributed by atoms with Crippen LogP contribution in [0.2, 0.25) is 0 Å². The molecule has 1 aliphatic heterocycles. The van der Waals surface area contributed by atoms with Gasteiger partial charge >= 0.3 is 11.9 Å². The van der Waals surface area contributed by atoms with Crippen LogP contribution in [0, 0.1) is 0 Å². The molecule has 8 nitrogen and oxygen atoms in total. The molecule has 2 aromatic carbocycles. The molecule has 1 aliphatic rings. The van der Waals surface area contributed by atoms with Crippen LogP contribution in [0.15, 0.2) is 71.7 Å². The Labute approximate surface area is 188 Å². The predicted octanol–water partition coefficient (Wildman–Crippen LogP) is 3.69. The number of hydrogen-bond acceptors (Lipinski definition) is 5. The number of carbonyl (C=O) groups is 2. The second-order valence-electron chi connectivity index (χ2n) is 7.05. The fourth-order valence-electron chi connectivity index (χ4n) is 3.05. The average Bonchev–Trinajstić information content (AvgIpc) is 3.27. The number of aliphatic carboxylic acids is 2. The fourth-order valence-corrected chi connectivity index (χ4v) is 3.05. The number of carboxylic acids is 2. The molecule has 170 valence electrons. The Morgan fingerprint density at radius 2 is 1.59 bits per heavy atom. The topological polar surface area (TPSA) is 105 Å². The van der Waals surface area contributed by atoms with Crippen molar-refractivity contribution in [1.29, 1.82) is 0 Å². The number of hydrogen-bond donors (Lipinski definition) is 3. The SMILES string of the molecule is CCN(CC)Cc1ccc(N=C2CCN(c3ccccc3)N2)cc1.O=C(O)C=CC(=O)O. The van der Waals surface area contributed by atoms with Crippen LogP contribution in [0.25, 0.3) is 0 Å². The van der Waals surface area contributed by atoms with Crippen LogP contribution >= 0.6 is 0 Å². The van der Waals surface area contributed by atoms with E-state index in [4.69, 9.17) is 15.2 Å². The van der Waals surface area contributed by atoms with Gasteiger partial charge in [0, 0.05) is 31.7 Å². The van der Waals surface area contributed by atoms with E-state index in [-0.39, 0.29) is 0 Å². The molecule has 8 heteroatoms. The summed E-state index contributed by atoms with van der Waals surface area (Å²) >= 11 is 0. The molecule has 3 N–H and O–H groups in total. The molecule has 32 heavy (non-hydrogen) atoms. The van der Waals surface area contributed by atoms with Crippen LogP contribution < -0.4 is 10.4 Å². The van der Waals surface area contributed by atoms with E-state index in [0.717, 1.165) is 44.1 Å². The van der Waals surface area contributed by atoms with Crippen molar-refractivity contribution in [3.8, 4) is 0 Å². The van der Waals surface area contributed by atoms with Crippen molar-refractivity contribution in [2.24, 2.45) is 4.99 Å². The quantitative estimate of drug-likeness (QED) is 0.540. The van der Waals surface area contributed by atoms with Crippen molar-refractivity contribution in [3.05, 3.63) is 72.3 Å². The minimum Gasteiger partial charge on any atom is -0.478 e. The minimum atomic E-state index is -1.26. The molecule has 0 unspecified atom stereocenters. The molecule has 0 amide bonds. The number of aliphatic imine (C=N–C) groups is 1. The molecular weight excluding hydrogens is 408 g/mol. The standard InChI is InChI=1S/C20H26N4.C4H4O4/c1-3-23(4-2)16-17-10-12-18(13-11-17)21-20-14-15-24(22-20)19-8-6-5-7-9-19;5-3(6)1-2-4(7)8/h5-13H,3-4,14-16H2,1-2H3,(H,21,22);1-2H,(H,5,6)(H,7,8). The van der Waals surface area contributed by atoms with E-state index in [1.54, 1.807) is 0 Å². The van der Waals surface area contributed by atoms with E-state index in [9.17, 15) is 9.59 Å². The molecule has 3 rings (SSSR count). The number of nitrogens with zero attached hydrogens (tertiary/aromatic N) is 3. The van der Waals surface area contributed by atoms with Crippen LogP contribution in [-0.2, 0) is 16.1 Å². The maximum absolute atomic E-state index is 9.55. The van der Waals surface area contributed by atoms with Gasteiger partial charge in [0.1, 0.15) is 5.84 Å². The summed E-state index contributed by atoms with van der Waals surface area (Å²) in [7, 11) is 0. The smallest absolute Gasteiger partial charge is 0.328 e. The summed E-state index contributed by atoms with van der Waals surface area (Å²) in [5, 5.41) is 17.8. The summed E-state index contributed by atoms with van der Waals surface area (Å²) in [4.78, 5) is 26.3. The Morgan fingerprint density at radius 3 is 2.12 bits per heavy atom. The van der Waals surface area contributed by atoms with Crippen LogP contribution in [0.5, 0.6) is 0 Å². The lowest BCUT2D eigenvalue weighted by atomic mass is 10.2. The van der Waals surface area contributed by atoms with Crippen molar-refractivity contribution in [2.45, 2.75) is 26.8 Å². The number of rotatable bonds is 8. The molecule has 0 saturated carbocycles. The zero-order chi connectivity index (χ0) is 23.3. The van der Waals surface area contributed by atoms with E-state index in [0.29, 0.717) is 12.2 Å². The van der Waals surface area contributed by atoms with Crippen molar-refractivity contribution < 1.29 is 19.8 Å². The maximum atomic E-state index is 9.55. The van der Waals surface area contributed by atoms with Crippen molar-refractivity contribution in [1.82, 2.24) is 10.3 Å². The van der Waals surface area contributed by atoms with Gasteiger partial charge in [0.15, 0.2) is 0 Å². The second kappa shape index (κ2) is 12.9. The van der Waals surface area contributed by atoms with E-state index in [1.165, 1.54) is 11.3 Å². The van der Waals surface area contributed by atoms with Crippen molar-refractivity contribution in [3.63, 3.8) is 0 Å².